The molecular weight excluding hydrogens is 195 g/mol. The Hall–Kier alpha value is 0.159. The van der Waals surface area contributed by atoms with Crippen LogP contribution in [-0.2, 0) is 4.74 Å². The van der Waals surface area contributed by atoms with E-state index in [2.05, 4.69) is 15.0 Å². The van der Waals surface area contributed by atoms with Crippen molar-refractivity contribution < 1.29 is 4.74 Å². The summed E-state index contributed by atoms with van der Waals surface area (Å²) < 4.78 is 7.70. The molecule has 0 heterocycles. The number of hydrogen-bond acceptors (Lipinski definition) is 1. The van der Waals surface area contributed by atoms with Crippen molar-refractivity contribution in [3.8, 4) is 10.0 Å². The van der Waals surface area contributed by atoms with Gasteiger partial charge in [0.25, 0.3) is 0 Å². The minimum atomic E-state index is -0.309. The van der Waals surface area contributed by atoms with Crippen LogP contribution in [0.2, 0.25) is 4.94 Å². The van der Waals surface area contributed by atoms with E-state index in [0.29, 0.717) is 6.61 Å². The van der Waals surface area contributed by atoms with E-state index >= 15 is 0 Å². The van der Waals surface area contributed by atoms with E-state index in [9.17, 15) is 0 Å². The molecular formula is C5H8OSn. The molecule has 0 N–H and O–H groups in total. The van der Waals surface area contributed by atoms with Gasteiger partial charge in [-0.2, -0.15) is 0 Å². The van der Waals surface area contributed by atoms with Gasteiger partial charge in [-0.05, 0) is 0 Å². The zero-order valence-corrected chi connectivity index (χ0v) is 7.47. The minimum absolute atomic E-state index is 0.309. The van der Waals surface area contributed by atoms with Crippen molar-refractivity contribution in [2.24, 2.45) is 0 Å². The summed E-state index contributed by atoms with van der Waals surface area (Å²) in [5.41, 5.74) is 0. The maximum absolute atomic E-state index is 4.76. The Bertz CT molecular complexity index is 79.8. The van der Waals surface area contributed by atoms with Crippen molar-refractivity contribution in [1.29, 1.82) is 0 Å². The molecule has 0 aliphatic rings. The quantitative estimate of drug-likeness (QED) is 0.450. The first kappa shape index (κ1) is 7.16. The van der Waals surface area contributed by atoms with Crippen molar-refractivity contribution in [2.45, 2.75) is 11.9 Å². The van der Waals surface area contributed by atoms with Gasteiger partial charge in [0.1, 0.15) is 0 Å². The molecule has 0 aromatic heterocycles. The van der Waals surface area contributed by atoms with Gasteiger partial charge >= 0.3 is 54.4 Å². The number of ether oxygens (including phenoxy) is 1. The molecule has 7 heavy (non-hydrogen) atoms. The molecule has 0 saturated carbocycles. The number of rotatable bonds is 1. The molecule has 0 aromatic rings. The van der Waals surface area contributed by atoms with E-state index in [1.165, 1.54) is 0 Å². The summed E-state index contributed by atoms with van der Waals surface area (Å²) in [5.74, 6) is 0. The zero-order valence-electron chi connectivity index (χ0n) is 4.62. The summed E-state index contributed by atoms with van der Waals surface area (Å²) >= 11 is -0.309. The monoisotopic (exact) mass is 204 g/mol. The molecule has 0 aromatic carbocycles. The van der Waals surface area contributed by atoms with Crippen molar-refractivity contribution in [3.05, 3.63) is 0 Å². The third-order valence-electron chi connectivity index (χ3n) is 0.393. The van der Waals surface area contributed by atoms with Gasteiger partial charge < -0.3 is 0 Å². The third-order valence-corrected chi connectivity index (χ3v) is 1.40. The van der Waals surface area contributed by atoms with Crippen LogP contribution in [0.3, 0.4) is 0 Å². The Kier molecular flexibility index (Phi) is 6.30. The van der Waals surface area contributed by atoms with E-state index in [0.717, 1.165) is 0 Å². The molecule has 0 unspecified atom stereocenters. The predicted molar refractivity (Wildman–Crippen MR) is 31.0 cm³/mol. The van der Waals surface area contributed by atoms with E-state index in [-0.39, 0.29) is 21.1 Å². The van der Waals surface area contributed by atoms with Crippen LogP contribution in [0.4, 0.5) is 0 Å². The van der Waals surface area contributed by atoms with Crippen molar-refractivity contribution >= 4 is 21.1 Å². The molecule has 0 amide bonds. The molecule has 0 bridgehead atoms. The van der Waals surface area contributed by atoms with Gasteiger partial charge in [-0.1, -0.05) is 0 Å². The van der Waals surface area contributed by atoms with Crippen LogP contribution in [-0.4, -0.2) is 27.7 Å². The third kappa shape index (κ3) is 6.16. The molecule has 0 saturated heterocycles. The summed E-state index contributed by atoms with van der Waals surface area (Å²) in [7, 11) is 0. The van der Waals surface area contributed by atoms with Crippen molar-refractivity contribution in [1.82, 2.24) is 0 Å². The summed E-state index contributed by atoms with van der Waals surface area (Å²) in [4.78, 5) is 2.16. The molecule has 0 aliphatic carbocycles. The molecule has 0 atom stereocenters. The fraction of sp³-hybridized carbons (Fsp3) is 0.600. The van der Waals surface area contributed by atoms with Gasteiger partial charge in [-0.3, -0.25) is 0 Å². The Morgan fingerprint density at radius 1 is 1.71 bits per heavy atom. The van der Waals surface area contributed by atoms with Crippen LogP contribution in [0.1, 0.15) is 6.92 Å². The summed E-state index contributed by atoms with van der Waals surface area (Å²) in [6.07, 6.45) is 2.61. The van der Waals surface area contributed by atoms with Crippen LogP contribution >= 0.6 is 0 Å². The Balaban J connectivity index is 2.91. The van der Waals surface area contributed by atoms with E-state index in [4.69, 9.17) is 4.74 Å². The summed E-state index contributed by atoms with van der Waals surface area (Å²) in [6.45, 7) is 2.65. The fourth-order valence-corrected chi connectivity index (χ4v) is 0.657. The SMILES string of the molecule is CCOC#[C][Sn][CH3]. The zero-order chi connectivity index (χ0) is 5.54. The molecule has 0 aliphatic heterocycles. The molecule has 1 nitrogen and oxygen atoms in total. The second kappa shape index (κ2) is 6.16. The first-order chi connectivity index (χ1) is 3.41. The standard InChI is InChI=1S/C4H5O.CH3.Sn/c1-3-5-4-2;;/h3H2,1H3;1H3;. The number of hydrogen-bond donors (Lipinski definition) is 0. The predicted octanol–water partition coefficient (Wildman–Crippen LogP) is 0.694. The molecule has 0 rings (SSSR count). The fourth-order valence-electron chi connectivity index (χ4n) is 0.159. The Morgan fingerprint density at radius 3 is 2.86 bits per heavy atom. The van der Waals surface area contributed by atoms with Crippen molar-refractivity contribution in [3.63, 3.8) is 0 Å². The molecule has 38 valence electrons. The van der Waals surface area contributed by atoms with Crippen LogP contribution < -0.4 is 0 Å². The molecule has 0 spiro atoms. The topological polar surface area (TPSA) is 9.23 Å². The average Bonchev–Trinajstić information content (AvgIpc) is 1.69. The first-order valence-electron chi connectivity index (χ1n) is 2.20. The molecule has 0 fully saturated rings. The van der Waals surface area contributed by atoms with Gasteiger partial charge in [0.15, 0.2) is 0 Å². The van der Waals surface area contributed by atoms with Crippen LogP contribution in [0.15, 0.2) is 0 Å². The van der Waals surface area contributed by atoms with E-state index in [1.54, 1.807) is 0 Å². The second-order valence-electron chi connectivity index (χ2n) is 0.910. The normalized spacial score (nSPS) is 6.57. The van der Waals surface area contributed by atoms with Gasteiger partial charge in [0.2, 0.25) is 0 Å². The van der Waals surface area contributed by atoms with Crippen LogP contribution in [0.5, 0.6) is 0 Å². The summed E-state index contributed by atoms with van der Waals surface area (Å²) in [5, 5.41) is 0. The molecule has 2 radical (unpaired) electrons. The Labute approximate surface area is 54.7 Å². The van der Waals surface area contributed by atoms with E-state index in [1.807, 2.05) is 6.92 Å². The Morgan fingerprint density at radius 2 is 2.43 bits per heavy atom. The summed E-state index contributed by atoms with van der Waals surface area (Å²) in [6, 6.07) is 0. The molecule has 2 heteroatoms. The van der Waals surface area contributed by atoms with E-state index < -0.39 is 0 Å². The van der Waals surface area contributed by atoms with Crippen LogP contribution in [0, 0.1) is 10.0 Å². The first-order valence-corrected chi connectivity index (χ1v) is 6.48. The van der Waals surface area contributed by atoms with Gasteiger partial charge in [0.05, 0.1) is 0 Å². The van der Waals surface area contributed by atoms with Gasteiger partial charge in [-0.25, -0.2) is 0 Å². The average molecular weight is 203 g/mol. The van der Waals surface area contributed by atoms with Crippen LogP contribution in [0.25, 0.3) is 0 Å². The van der Waals surface area contributed by atoms with Crippen molar-refractivity contribution in [2.75, 3.05) is 6.61 Å². The van der Waals surface area contributed by atoms with Gasteiger partial charge in [-0.15, -0.1) is 0 Å². The second-order valence-corrected chi connectivity index (χ2v) is 3.05. The maximum atomic E-state index is 4.76. The van der Waals surface area contributed by atoms with Gasteiger partial charge in [0, 0.05) is 0 Å².